The van der Waals surface area contributed by atoms with Crippen LogP contribution in [0.4, 0.5) is 25.8 Å². The van der Waals surface area contributed by atoms with Gasteiger partial charge in [-0.1, -0.05) is 31.6 Å². The van der Waals surface area contributed by atoms with Crippen molar-refractivity contribution in [1.82, 2.24) is 0 Å². The first-order chi connectivity index (χ1) is 12.5. The van der Waals surface area contributed by atoms with E-state index in [0.29, 0.717) is 29.9 Å². The van der Waals surface area contributed by atoms with Crippen molar-refractivity contribution in [3.63, 3.8) is 0 Å². The zero-order valence-corrected chi connectivity index (χ0v) is 16.7. The molecule has 0 radical (unpaired) electrons. The van der Waals surface area contributed by atoms with Crippen molar-refractivity contribution < 1.29 is 43.2 Å². The normalized spacial score (nSPS) is 13.4. The second kappa shape index (κ2) is 10.1. The largest absolute Gasteiger partial charge is 0.488 e. The minimum Gasteiger partial charge on any atom is -0.358 e. The first-order valence-electron chi connectivity index (χ1n) is 8.11. The summed E-state index contributed by atoms with van der Waals surface area (Å²) in [6, 6.07) is 3.04. The fourth-order valence-electron chi connectivity index (χ4n) is 1.99. The number of carbonyl (C=O) groups is 1. The Kier molecular flexibility index (Phi) is 9.48. The lowest BCUT2D eigenvalue weighted by Gasteiger charge is -2.18. The average Bonchev–Trinajstić information content (AvgIpc) is 2.53. The molecule has 0 saturated carbocycles. The summed E-state index contributed by atoms with van der Waals surface area (Å²) in [4.78, 5) is 10.9. The van der Waals surface area contributed by atoms with Crippen molar-refractivity contribution in [2.75, 3.05) is 0 Å². The van der Waals surface area contributed by atoms with E-state index in [-0.39, 0.29) is 17.6 Å². The van der Waals surface area contributed by atoms with E-state index in [1.165, 1.54) is 12.1 Å². The van der Waals surface area contributed by atoms with E-state index in [1.54, 1.807) is 0 Å². The lowest BCUT2D eigenvalue weighted by atomic mass is 9.92. The van der Waals surface area contributed by atoms with Crippen molar-refractivity contribution >= 4 is 16.8 Å². The highest BCUT2D eigenvalue weighted by atomic mass is 32.3. The molecule has 11 heteroatoms. The van der Waals surface area contributed by atoms with Gasteiger partial charge in [0.2, 0.25) is 0 Å². The zero-order valence-electron chi connectivity index (χ0n) is 15.9. The van der Waals surface area contributed by atoms with Crippen molar-refractivity contribution in [2.24, 2.45) is 0 Å². The van der Waals surface area contributed by atoms with Crippen LogP contribution in [-0.2, 0) is 10.5 Å². The third-order valence-corrected chi connectivity index (χ3v) is 3.92. The molecular weight excluding hydrogens is 414 g/mol. The molecule has 0 spiro atoms. The van der Waals surface area contributed by atoms with Gasteiger partial charge in [0.1, 0.15) is 6.29 Å². The van der Waals surface area contributed by atoms with Gasteiger partial charge in [-0.25, -0.2) is 13.2 Å². The molecular formula is C17H22F6O4S. The summed E-state index contributed by atoms with van der Waals surface area (Å²) >= 11 is 0. The highest BCUT2D eigenvalue weighted by molar-refractivity contribution is 7.81. The smallest absolute Gasteiger partial charge is 0.358 e. The van der Waals surface area contributed by atoms with Crippen molar-refractivity contribution in [1.29, 1.82) is 0 Å². The lowest BCUT2D eigenvalue weighted by molar-refractivity contribution is -0.165. The van der Waals surface area contributed by atoms with Gasteiger partial charge in [-0.3, -0.25) is 4.79 Å². The number of halogens is 6. The van der Waals surface area contributed by atoms with Gasteiger partial charge in [0.05, 0.1) is 0 Å². The minimum absolute atomic E-state index is 0.0156. The van der Waals surface area contributed by atoms with Gasteiger partial charge in [-0.05, 0) is 42.0 Å². The topological polar surface area (TPSA) is 60.4 Å². The van der Waals surface area contributed by atoms with E-state index in [2.05, 4.69) is 4.18 Å². The van der Waals surface area contributed by atoms with E-state index in [4.69, 9.17) is 0 Å². The van der Waals surface area contributed by atoms with Crippen molar-refractivity contribution in [3.8, 4) is 5.75 Å². The molecule has 0 saturated heterocycles. The molecule has 1 unspecified atom stereocenters. The van der Waals surface area contributed by atoms with E-state index in [9.17, 15) is 39.1 Å². The van der Waals surface area contributed by atoms with Crippen LogP contribution in [-0.4, -0.2) is 33.2 Å². The number of hydrogen-bond donors (Lipinski definition) is 0. The molecule has 0 amide bonds. The molecule has 28 heavy (non-hydrogen) atoms. The molecule has 0 N–H and O–H groups in total. The van der Waals surface area contributed by atoms with Gasteiger partial charge in [-0.2, -0.15) is 17.2 Å². The molecule has 1 atom stereocenters. The van der Waals surface area contributed by atoms with Gasteiger partial charge in [0.25, 0.3) is 0 Å². The molecule has 0 heterocycles. The number of aldehydes is 1. The van der Waals surface area contributed by atoms with Gasteiger partial charge >= 0.3 is 22.9 Å². The Bertz CT molecular complexity index is 722. The van der Waals surface area contributed by atoms with Crippen LogP contribution in [0.3, 0.4) is 0 Å². The Hall–Kier alpha value is -1.78. The Morgan fingerprint density at radius 3 is 1.54 bits per heavy atom. The third-order valence-electron chi connectivity index (χ3n) is 3.55. The summed E-state index contributed by atoms with van der Waals surface area (Å²) in [5, 5.41) is 0. The quantitative estimate of drug-likeness (QED) is 0.318. The van der Waals surface area contributed by atoms with Crippen LogP contribution < -0.4 is 4.18 Å². The summed E-state index contributed by atoms with van der Waals surface area (Å²) in [6.45, 7) is 7.64. The first kappa shape index (κ1) is 26.2. The second-order valence-corrected chi connectivity index (χ2v) is 7.48. The zero-order chi connectivity index (χ0) is 22.4. The average molecular weight is 436 g/mol. The fourth-order valence-corrected chi connectivity index (χ4v) is 2.39. The number of carbonyl (C=O) groups excluding carboxylic acids is 1. The maximum Gasteiger partial charge on any atom is 0.488 e. The van der Waals surface area contributed by atoms with E-state index < -0.39 is 29.0 Å². The van der Waals surface area contributed by atoms with E-state index in [1.807, 2.05) is 27.7 Å². The summed E-state index contributed by atoms with van der Waals surface area (Å²) < 4.78 is 95.5. The van der Waals surface area contributed by atoms with Crippen LogP contribution in [0.2, 0.25) is 0 Å². The first-order valence-corrected chi connectivity index (χ1v) is 9.42. The van der Waals surface area contributed by atoms with Crippen LogP contribution in [0.5, 0.6) is 5.75 Å². The lowest BCUT2D eigenvalue weighted by Crippen LogP contribution is -2.35. The molecule has 1 rings (SSSR count). The predicted molar refractivity (Wildman–Crippen MR) is 92.2 cm³/mol. The van der Waals surface area contributed by atoms with E-state index >= 15 is 0 Å². The predicted octanol–water partition coefficient (Wildman–Crippen LogP) is 5.58. The summed E-state index contributed by atoms with van der Waals surface area (Å²) in [5.74, 6) is -4.72. The van der Waals surface area contributed by atoms with Crippen molar-refractivity contribution in [3.05, 3.63) is 28.8 Å². The molecule has 162 valence electrons. The highest BCUT2D eigenvalue weighted by Crippen LogP contribution is 2.36. The summed E-state index contributed by atoms with van der Waals surface area (Å²) in [7, 11) is -5.10. The highest BCUT2D eigenvalue weighted by Gasteiger charge is 2.46. The molecule has 0 aliphatic heterocycles. The van der Waals surface area contributed by atoms with Gasteiger partial charge < -0.3 is 4.18 Å². The van der Waals surface area contributed by atoms with Gasteiger partial charge in [0.15, 0.2) is 11.9 Å². The molecule has 1 aromatic rings. The number of rotatable bonds is 7. The van der Waals surface area contributed by atoms with Crippen LogP contribution in [0.15, 0.2) is 12.1 Å². The number of benzene rings is 1. The van der Waals surface area contributed by atoms with Gasteiger partial charge in [0, 0.05) is 5.56 Å². The molecule has 0 aliphatic carbocycles. The molecule has 4 nitrogen and oxygen atoms in total. The maximum atomic E-state index is 12.8. The van der Waals surface area contributed by atoms with Crippen LogP contribution in [0, 0.1) is 0 Å². The summed E-state index contributed by atoms with van der Waals surface area (Å²) in [6.07, 6.45) is -6.04. The SMILES string of the molecule is CC(C)c1cc(C=O)cc(C(C)C)c1OS(=O)(=O)F.CC(F)C(F)(F)C(F)F. The standard InChI is InChI=1S/C13H17FO4S.C4H5F5/c1-8(2)11-5-10(7-15)6-12(9(3)4)13(11)18-19(14,16)17;1-2(5)4(8,9)3(6)7/h5-9H,1-4H3;2-3H,1H3. The molecule has 1 aromatic carbocycles. The van der Waals surface area contributed by atoms with Crippen molar-refractivity contribution in [2.45, 2.75) is 65.0 Å². The third kappa shape index (κ3) is 7.69. The van der Waals surface area contributed by atoms with Crippen LogP contribution in [0.25, 0.3) is 0 Å². The Labute approximate surface area is 160 Å². The monoisotopic (exact) mass is 436 g/mol. The maximum absolute atomic E-state index is 12.8. The number of alkyl halides is 5. The number of hydrogen-bond acceptors (Lipinski definition) is 4. The second-order valence-electron chi connectivity index (χ2n) is 6.52. The molecule has 0 fully saturated rings. The van der Waals surface area contributed by atoms with E-state index in [0.717, 1.165) is 0 Å². The minimum atomic E-state index is -5.10. The summed E-state index contributed by atoms with van der Waals surface area (Å²) in [5.41, 5.74) is 1.40. The Morgan fingerprint density at radius 2 is 1.36 bits per heavy atom. The molecule has 0 bridgehead atoms. The molecule has 0 aromatic heterocycles. The van der Waals surface area contributed by atoms with Crippen LogP contribution in [0.1, 0.15) is 67.9 Å². The van der Waals surface area contributed by atoms with Crippen LogP contribution >= 0.6 is 0 Å². The Balaban J connectivity index is 0.000000684. The van der Waals surface area contributed by atoms with Gasteiger partial charge in [-0.15, -0.1) is 0 Å². The fraction of sp³-hybridized carbons (Fsp3) is 0.588. The Morgan fingerprint density at radius 1 is 0.964 bits per heavy atom. The molecule has 0 aliphatic rings.